The number of rotatable bonds is 5. The van der Waals surface area contributed by atoms with Crippen LogP contribution in [0, 0.1) is 11.6 Å². The highest BCUT2D eigenvalue weighted by molar-refractivity contribution is 5.48. The number of anilines is 1. The van der Waals surface area contributed by atoms with E-state index in [4.69, 9.17) is 5.73 Å². The maximum Gasteiger partial charge on any atom is 0.149 e. The van der Waals surface area contributed by atoms with E-state index in [1.807, 2.05) is 35.2 Å². The number of hydrogen-bond donors (Lipinski definition) is 1. The fraction of sp³-hybridized carbons (Fsp3) is 0.200. The van der Waals surface area contributed by atoms with Gasteiger partial charge in [0.2, 0.25) is 0 Å². The van der Waals surface area contributed by atoms with Crippen LogP contribution in [0.2, 0.25) is 0 Å². The summed E-state index contributed by atoms with van der Waals surface area (Å²) in [6.07, 6.45) is 0. The Labute approximate surface area is 111 Å². The van der Waals surface area contributed by atoms with Gasteiger partial charge < -0.3 is 10.6 Å². The van der Waals surface area contributed by atoms with Gasteiger partial charge in [-0.25, -0.2) is 8.78 Å². The van der Waals surface area contributed by atoms with Crippen LogP contribution >= 0.6 is 0 Å². The van der Waals surface area contributed by atoms with Crippen molar-refractivity contribution in [2.45, 2.75) is 6.54 Å². The number of nitrogens with zero attached hydrogens (tertiary/aromatic N) is 1. The quantitative estimate of drug-likeness (QED) is 0.897. The van der Waals surface area contributed by atoms with Crippen LogP contribution in [-0.2, 0) is 6.54 Å². The predicted molar refractivity (Wildman–Crippen MR) is 72.9 cm³/mol. The molecule has 0 aromatic heterocycles. The molecular formula is C15H16F2N2. The van der Waals surface area contributed by atoms with Crippen molar-refractivity contribution in [2.75, 3.05) is 18.0 Å². The second-order valence-corrected chi connectivity index (χ2v) is 4.29. The molecular weight excluding hydrogens is 246 g/mol. The molecule has 2 rings (SSSR count). The molecule has 0 radical (unpaired) electrons. The molecule has 0 saturated heterocycles. The van der Waals surface area contributed by atoms with Crippen molar-refractivity contribution < 1.29 is 8.78 Å². The maximum atomic E-state index is 13.8. The van der Waals surface area contributed by atoms with Crippen molar-refractivity contribution in [3.63, 3.8) is 0 Å². The van der Waals surface area contributed by atoms with E-state index >= 15 is 0 Å². The Morgan fingerprint density at radius 2 is 1.74 bits per heavy atom. The summed E-state index contributed by atoms with van der Waals surface area (Å²) in [5, 5.41) is 0. The van der Waals surface area contributed by atoms with E-state index in [1.165, 1.54) is 12.1 Å². The topological polar surface area (TPSA) is 29.3 Å². The van der Waals surface area contributed by atoms with Crippen LogP contribution in [0.5, 0.6) is 0 Å². The summed E-state index contributed by atoms with van der Waals surface area (Å²) in [7, 11) is 0. The van der Waals surface area contributed by atoms with Crippen LogP contribution in [0.4, 0.5) is 14.5 Å². The third-order valence-corrected chi connectivity index (χ3v) is 2.87. The Morgan fingerprint density at radius 3 is 2.37 bits per heavy atom. The minimum absolute atomic E-state index is 0.371. The zero-order valence-corrected chi connectivity index (χ0v) is 10.5. The molecule has 0 spiro atoms. The van der Waals surface area contributed by atoms with E-state index < -0.39 is 11.6 Å². The van der Waals surface area contributed by atoms with Crippen molar-refractivity contribution in [1.29, 1.82) is 0 Å². The first-order valence-corrected chi connectivity index (χ1v) is 6.14. The van der Waals surface area contributed by atoms with Gasteiger partial charge in [-0.3, -0.25) is 0 Å². The second kappa shape index (κ2) is 6.29. The molecule has 0 aliphatic heterocycles. The molecule has 0 aliphatic carbocycles. The molecule has 0 unspecified atom stereocenters. The van der Waals surface area contributed by atoms with Gasteiger partial charge in [-0.05, 0) is 17.7 Å². The van der Waals surface area contributed by atoms with E-state index in [-0.39, 0.29) is 0 Å². The summed E-state index contributed by atoms with van der Waals surface area (Å²) in [6.45, 7) is 1.46. The lowest BCUT2D eigenvalue weighted by molar-refractivity contribution is 0.578. The SMILES string of the molecule is NCCN(Cc1ccccc1)c1ccc(F)cc1F. The van der Waals surface area contributed by atoms with E-state index in [1.54, 1.807) is 0 Å². The van der Waals surface area contributed by atoms with Crippen molar-refractivity contribution in [3.8, 4) is 0 Å². The van der Waals surface area contributed by atoms with Gasteiger partial charge in [0.1, 0.15) is 11.6 Å². The van der Waals surface area contributed by atoms with Crippen molar-refractivity contribution in [2.24, 2.45) is 5.73 Å². The van der Waals surface area contributed by atoms with Gasteiger partial charge in [-0.1, -0.05) is 30.3 Å². The summed E-state index contributed by atoms with van der Waals surface area (Å²) < 4.78 is 26.7. The Morgan fingerprint density at radius 1 is 1.00 bits per heavy atom. The van der Waals surface area contributed by atoms with Gasteiger partial charge in [0.05, 0.1) is 5.69 Å². The Kier molecular flexibility index (Phi) is 4.47. The molecule has 2 aromatic carbocycles. The third kappa shape index (κ3) is 3.51. The highest BCUT2D eigenvalue weighted by Crippen LogP contribution is 2.21. The summed E-state index contributed by atoms with van der Waals surface area (Å²) in [5.74, 6) is -1.14. The van der Waals surface area contributed by atoms with Gasteiger partial charge in [0, 0.05) is 25.7 Å². The Balaban J connectivity index is 2.24. The average molecular weight is 262 g/mol. The lowest BCUT2D eigenvalue weighted by Crippen LogP contribution is -2.29. The third-order valence-electron chi connectivity index (χ3n) is 2.87. The molecule has 2 nitrogen and oxygen atoms in total. The molecule has 0 aliphatic rings. The van der Waals surface area contributed by atoms with E-state index in [9.17, 15) is 8.78 Å². The summed E-state index contributed by atoms with van der Waals surface area (Å²) in [6, 6.07) is 13.3. The van der Waals surface area contributed by atoms with Crippen LogP contribution in [0.1, 0.15) is 5.56 Å². The smallest absolute Gasteiger partial charge is 0.149 e. The van der Waals surface area contributed by atoms with Crippen LogP contribution < -0.4 is 10.6 Å². The highest BCUT2D eigenvalue weighted by Gasteiger charge is 2.12. The maximum absolute atomic E-state index is 13.8. The fourth-order valence-electron chi connectivity index (χ4n) is 1.98. The van der Waals surface area contributed by atoms with E-state index in [2.05, 4.69) is 0 Å². The zero-order valence-electron chi connectivity index (χ0n) is 10.5. The number of nitrogens with two attached hydrogens (primary N) is 1. The molecule has 0 bridgehead atoms. The molecule has 0 atom stereocenters. The van der Waals surface area contributed by atoms with Gasteiger partial charge in [0.25, 0.3) is 0 Å². The molecule has 2 aromatic rings. The van der Waals surface area contributed by atoms with Gasteiger partial charge in [-0.2, -0.15) is 0 Å². The van der Waals surface area contributed by atoms with Crippen LogP contribution in [0.25, 0.3) is 0 Å². The Bertz CT molecular complexity index is 529. The molecule has 0 amide bonds. The van der Waals surface area contributed by atoms with E-state index in [0.717, 1.165) is 11.6 Å². The van der Waals surface area contributed by atoms with Crippen molar-refractivity contribution in [1.82, 2.24) is 0 Å². The van der Waals surface area contributed by atoms with Crippen LogP contribution in [0.15, 0.2) is 48.5 Å². The fourth-order valence-corrected chi connectivity index (χ4v) is 1.98. The molecule has 2 N–H and O–H groups in total. The molecule has 19 heavy (non-hydrogen) atoms. The predicted octanol–water partition coefficient (Wildman–Crippen LogP) is 2.93. The van der Waals surface area contributed by atoms with Crippen LogP contribution in [0.3, 0.4) is 0 Å². The molecule has 100 valence electrons. The first-order valence-electron chi connectivity index (χ1n) is 6.14. The van der Waals surface area contributed by atoms with E-state index in [0.29, 0.717) is 25.3 Å². The number of hydrogen-bond acceptors (Lipinski definition) is 2. The minimum atomic E-state index is -0.575. The monoisotopic (exact) mass is 262 g/mol. The van der Waals surface area contributed by atoms with Crippen LogP contribution in [-0.4, -0.2) is 13.1 Å². The number of benzene rings is 2. The lowest BCUT2D eigenvalue weighted by Gasteiger charge is -2.24. The zero-order chi connectivity index (χ0) is 13.7. The number of halogens is 2. The van der Waals surface area contributed by atoms with Gasteiger partial charge >= 0.3 is 0 Å². The summed E-state index contributed by atoms with van der Waals surface area (Å²) in [5.41, 5.74) is 6.99. The van der Waals surface area contributed by atoms with Gasteiger partial charge in [0.15, 0.2) is 0 Å². The summed E-state index contributed by atoms with van der Waals surface area (Å²) >= 11 is 0. The first-order chi connectivity index (χ1) is 9.20. The lowest BCUT2D eigenvalue weighted by atomic mass is 10.2. The highest BCUT2D eigenvalue weighted by atomic mass is 19.1. The second-order valence-electron chi connectivity index (χ2n) is 4.29. The minimum Gasteiger partial charge on any atom is -0.364 e. The van der Waals surface area contributed by atoms with Crippen molar-refractivity contribution in [3.05, 3.63) is 65.7 Å². The van der Waals surface area contributed by atoms with Gasteiger partial charge in [-0.15, -0.1) is 0 Å². The first kappa shape index (κ1) is 13.5. The van der Waals surface area contributed by atoms with Crippen molar-refractivity contribution >= 4 is 5.69 Å². The average Bonchev–Trinajstić information content (AvgIpc) is 2.39. The molecule has 0 heterocycles. The Hall–Kier alpha value is -1.94. The normalized spacial score (nSPS) is 10.5. The molecule has 4 heteroatoms. The largest absolute Gasteiger partial charge is 0.364 e. The molecule has 0 saturated carbocycles. The standard InChI is InChI=1S/C15H16F2N2/c16-13-6-7-15(14(17)10-13)19(9-8-18)11-12-4-2-1-3-5-12/h1-7,10H,8-9,11,18H2. The summed E-state index contributed by atoms with van der Waals surface area (Å²) in [4.78, 5) is 1.81. The molecule has 0 fully saturated rings.